The number of hydrogen-bond acceptors (Lipinski definition) is 3. The summed E-state index contributed by atoms with van der Waals surface area (Å²) in [4.78, 5) is 15.3. The lowest BCUT2D eigenvalue weighted by Gasteiger charge is -2.12. The second-order valence-corrected chi connectivity index (χ2v) is 6.43. The van der Waals surface area contributed by atoms with E-state index < -0.39 is 5.97 Å². The van der Waals surface area contributed by atoms with Crippen molar-refractivity contribution in [3.63, 3.8) is 0 Å². The van der Waals surface area contributed by atoms with Gasteiger partial charge in [-0.2, -0.15) is 0 Å². The summed E-state index contributed by atoms with van der Waals surface area (Å²) in [6, 6.07) is 6.36. The average molecular weight is 303 g/mol. The van der Waals surface area contributed by atoms with Crippen molar-refractivity contribution >= 4 is 28.6 Å². The van der Waals surface area contributed by atoms with Crippen molar-refractivity contribution < 1.29 is 14.9 Å². The van der Waals surface area contributed by atoms with Gasteiger partial charge in [0.25, 0.3) is 0 Å². The molecule has 1 aromatic carbocycles. The van der Waals surface area contributed by atoms with E-state index in [9.17, 15) is 9.90 Å². The van der Waals surface area contributed by atoms with Crippen molar-refractivity contribution in [3.8, 4) is 0 Å². The van der Waals surface area contributed by atoms with Gasteiger partial charge in [0, 0.05) is 35.2 Å². The minimum Gasteiger partial charge on any atom is -0.550 e. The van der Waals surface area contributed by atoms with Gasteiger partial charge in [-0.1, -0.05) is 25.0 Å². The number of fused-ring (bicyclic) bond motifs is 1. The van der Waals surface area contributed by atoms with Gasteiger partial charge in [-0.05, 0) is 25.8 Å². The maximum Gasteiger partial charge on any atom is 0.212 e. The van der Waals surface area contributed by atoms with Crippen LogP contribution in [0.2, 0.25) is 0 Å². The number of thioether (sulfide) groups is 1. The molecule has 0 spiro atoms. The van der Waals surface area contributed by atoms with Gasteiger partial charge < -0.3 is 9.90 Å². The maximum atomic E-state index is 10.7. The van der Waals surface area contributed by atoms with Crippen LogP contribution >= 0.6 is 11.8 Å². The number of benzene rings is 1. The highest BCUT2D eigenvalue weighted by molar-refractivity contribution is 7.99. The van der Waals surface area contributed by atoms with Gasteiger partial charge in [-0.25, -0.2) is 4.98 Å². The van der Waals surface area contributed by atoms with E-state index >= 15 is 0 Å². The van der Waals surface area contributed by atoms with Gasteiger partial charge >= 0.3 is 0 Å². The molecular formula is C17H21NO2S. The number of aromatic nitrogens is 1. The number of aromatic amines is 1. The number of carboxylic acid groups (broad SMARTS) is 1. The first kappa shape index (κ1) is 15.8. The molecule has 21 heavy (non-hydrogen) atoms. The SMILES string of the molecule is CCCc1c(C)[nH+]c2ccc(C)cc2c1SCCC(=O)[O-]. The quantitative estimate of drug-likeness (QED) is 0.770. The Morgan fingerprint density at radius 2 is 2.10 bits per heavy atom. The molecule has 3 nitrogen and oxygen atoms in total. The number of hydrogen-bond donors (Lipinski definition) is 0. The van der Waals surface area contributed by atoms with Crippen LogP contribution in [-0.4, -0.2) is 11.7 Å². The highest BCUT2D eigenvalue weighted by Gasteiger charge is 2.17. The molecule has 0 atom stereocenters. The molecule has 1 aromatic heterocycles. The maximum absolute atomic E-state index is 10.7. The van der Waals surface area contributed by atoms with E-state index in [0.717, 1.165) is 18.4 Å². The zero-order chi connectivity index (χ0) is 15.4. The van der Waals surface area contributed by atoms with Gasteiger partial charge in [0.1, 0.15) is 0 Å². The molecule has 4 heteroatoms. The molecule has 0 aliphatic heterocycles. The molecule has 1 heterocycles. The number of carbonyl (C=O) groups excluding carboxylic acids is 1. The summed E-state index contributed by atoms with van der Waals surface area (Å²) >= 11 is 1.63. The molecule has 0 bridgehead atoms. The van der Waals surface area contributed by atoms with Crippen molar-refractivity contribution in [1.82, 2.24) is 0 Å². The van der Waals surface area contributed by atoms with E-state index in [0.29, 0.717) is 5.75 Å². The summed E-state index contributed by atoms with van der Waals surface area (Å²) in [5.41, 5.74) is 4.79. The summed E-state index contributed by atoms with van der Waals surface area (Å²) in [7, 11) is 0. The van der Waals surface area contributed by atoms with Crippen molar-refractivity contribution in [3.05, 3.63) is 35.0 Å². The number of aliphatic carboxylic acids is 1. The summed E-state index contributed by atoms with van der Waals surface area (Å²) in [6.07, 6.45) is 2.15. The van der Waals surface area contributed by atoms with Gasteiger partial charge in [-0.15, -0.1) is 11.8 Å². The number of rotatable bonds is 6. The fraction of sp³-hybridized carbons (Fsp3) is 0.412. The van der Waals surface area contributed by atoms with Crippen molar-refractivity contribution in [2.24, 2.45) is 0 Å². The van der Waals surface area contributed by atoms with E-state index in [1.165, 1.54) is 27.1 Å². The number of aryl methyl sites for hydroxylation is 2. The van der Waals surface area contributed by atoms with Crippen LogP contribution in [0.25, 0.3) is 10.9 Å². The predicted octanol–water partition coefficient (Wildman–Crippen LogP) is 2.46. The van der Waals surface area contributed by atoms with Crippen LogP contribution in [0.4, 0.5) is 0 Å². The zero-order valence-corrected chi connectivity index (χ0v) is 13.6. The van der Waals surface area contributed by atoms with Gasteiger partial charge in [-0.3, -0.25) is 0 Å². The Labute approximate surface area is 129 Å². The fourth-order valence-corrected chi connectivity index (χ4v) is 3.74. The minimum atomic E-state index is -0.987. The second-order valence-electron chi connectivity index (χ2n) is 5.33. The van der Waals surface area contributed by atoms with Gasteiger partial charge in [0.2, 0.25) is 5.52 Å². The molecule has 0 fully saturated rings. The molecule has 112 valence electrons. The molecule has 2 aromatic rings. The van der Waals surface area contributed by atoms with E-state index in [-0.39, 0.29) is 6.42 Å². The normalized spacial score (nSPS) is 11.0. The van der Waals surface area contributed by atoms with Crippen LogP contribution in [0, 0.1) is 13.8 Å². The molecule has 0 saturated carbocycles. The highest BCUT2D eigenvalue weighted by Crippen LogP contribution is 2.32. The number of H-pyrrole nitrogens is 1. The summed E-state index contributed by atoms with van der Waals surface area (Å²) in [5, 5.41) is 11.8. The van der Waals surface area contributed by atoms with Crippen LogP contribution in [0.15, 0.2) is 23.1 Å². The lowest BCUT2D eigenvalue weighted by atomic mass is 10.0. The van der Waals surface area contributed by atoms with E-state index in [4.69, 9.17) is 0 Å². The smallest absolute Gasteiger partial charge is 0.212 e. The first-order valence-corrected chi connectivity index (χ1v) is 8.29. The molecule has 0 aliphatic rings. The largest absolute Gasteiger partial charge is 0.550 e. The molecule has 0 radical (unpaired) electrons. The minimum absolute atomic E-state index is 0.0845. The van der Waals surface area contributed by atoms with Crippen LogP contribution in [0.1, 0.15) is 36.6 Å². The zero-order valence-electron chi connectivity index (χ0n) is 12.8. The molecule has 0 aliphatic carbocycles. The predicted molar refractivity (Wildman–Crippen MR) is 84.3 cm³/mol. The Bertz CT molecular complexity index is 667. The van der Waals surface area contributed by atoms with Crippen LogP contribution in [-0.2, 0) is 11.2 Å². The van der Waals surface area contributed by atoms with E-state index in [1.54, 1.807) is 11.8 Å². The topological polar surface area (TPSA) is 54.3 Å². The molecule has 0 amide bonds. The summed E-state index contributed by atoms with van der Waals surface area (Å²) < 4.78 is 0. The second kappa shape index (κ2) is 6.94. The van der Waals surface area contributed by atoms with E-state index in [1.807, 2.05) is 0 Å². The number of pyridine rings is 1. The standard InChI is InChI=1S/C17H21NO2S/c1-4-5-13-12(3)18-15-7-6-11(2)10-14(15)17(13)21-9-8-16(19)20/h6-7,10H,4-5,8-9H2,1-3H3,(H,19,20). The van der Waals surface area contributed by atoms with E-state index in [2.05, 4.69) is 44.0 Å². The molecule has 2 rings (SSSR count). The van der Waals surface area contributed by atoms with Crippen molar-refractivity contribution in [2.75, 3.05) is 5.75 Å². The lowest BCUT2D eigenvalue weighted by Crippen LogP contribution is -2.22. The molecule has 0 saturated heterocycles. The van der Waals surface area contributed by atoms with Crippen LogP contribution < -0.4 is 10.1 Å². The van der Waals surface area contributed by atoms with Crippen molar-refractivity contribution in [2.45, 2.75) is 44.9 Å². The highest BCUT2D eigenvalue weighted by atomic mass is 32.2. The number of carbonyl (C=O) groups is 1. The Morgan fingerprint density at radius 1 is 1.33 bits per heavy atom. The Morgan fingerprint density at radius 3 is 2.76 bits per heavy atom. The first-order chi connectivity index (χ1) is 10.0. The third-order valence-electron chi connectivity index (χ3n) is 3.52. The monoisotopic (exact) mass is 303 g/mol. The summed E-state index contributed by atoms with van der Waals surface area (Å²) in [6.45, 7) is 6.33. The Balaban J connectivity index is 2.51. The molecule has 0 unspecified atom stereocenters. The number of carboxylic acids is 1. The van der Waals surface area contributed by atoms with Crippen molar-refractivity contribution in [1.29, 1.82) is 0 Å². The average Bonchev–Trinajstić information content (AvgIpc) is 2.42. The number of nitrogens with one attached hydrogen (secondary N) is 1. The lowest BCUT2D eigenvalue weighted by molar-refractivity contribution is -0.356. The third-order valence-corrected chi connectivity index (χ3v) is 4.68. The van der Waals surface area contributed by atoms with Crippen LogP contribution in [0.3, 0.4) is 0 Å². The molecular weight excluding hydrogens is 282 g/mol. The van der Waals surface area contributed by atoms with Gasteiger partial charge in [0.15, 0.2) is 5.69 Å². The Hall–Kier alpha value is -1.55. The third kappa shape index (κ3) is 3.76. The van der Waals surface area contributed by atoms with Gasteiger partial charge in [0.05, 0.1) is 5.39 Å². The van der Waals surface area contributed by atoms with Crippen LogP contribution in [0.5, 0.6) is 0 Å². The summed E-state index contributed by atoms with van der Waals surface area (Å²) in [5.74, 6) is -0.440. The first-order valence-electron chi connectivity index (χ1n) is 7.30. The Kier molecular flexibility index (Phi) is 5.23. The molecule has 1 N–H and O–H groups in total. The fourth-order valence-electron chi connectivity index (χ4n) is 2.52.